The Labute approximate surface area is 107 Å². The highest BCUT2D eigenvalue weighted by Gasteiger charge is 2.11. The van der Waals surface area contributed by atoms with E-state index >= 15 is 0 Å². The lowest BCUT2D eigenvalue weighted by Gasteiger charge is -2.03. The first-order valence-corrected chi connectivity index (χ1v) is 5.43. The third-order valence-electron chi connectivity index (χ3n) is 2.24. The summed E-state index contributed by atoms with van der Waals surface area (Å²) in [4.78, 5) is 25.9. The van der Waals surface area contributed by atoms with Crippen molar-refractivity contribution in [3.05, 3.63) is 24.4 Å². The summed E-state index contributed by atoms with van der Waals surface area (Å²) in [5.74, 6) is -0.0394. The first-order chi connectivity index (χ1) is 9.16. The van der Waals surface area contributed by atoms with Crippen LogP contribution in [0, 0.1) is 0 Å². The van der Waals surface area contributed by atoms with Crippen molar-refractivity contribution in [3.63, 3.8) is 0 Å². The number of primary amides is 1. The zero-order valence-corrected chi connectivity index (χ0v) is 9.85. The van der Waals surface area contributed by atoms with E-state index in [-0.39, 0.29) is 13.0 Å². The van der Waals surface area contributed by atoms with Crippen molar-refractivity contribution < 1.29 is 9.59 Å². The molecule has 98 valence electrons. The monoisotopic (exact) mass is 261 g/mol. The molecule has 0 bridgehead atoms. The van der Waals surface area contributed by atoms with E-state index in [2.05, 4.69) is 20.5 Å². The summed E-state index contributed by atoms with van der Waals surface area (Å²) in [7, 11) is 0. The molecular formula is C10H11N7O2. The summed E-state index contributed by atoms with van der Waals surface area (Å²) in [6, 6.07) is 4.46. The third-order valence-corrected chi connectivity index (χ3v) is 2.24. The van der Waals surface area contributed by atoms with Crippen LogP contribution < -0.4 is 11.1 Å². The normalized spacial score (nSPS) is 10.1. The number of aromatic nitrogens is 5. The number of amides is 3. The topological polar surface area (TPSA) is 129 Å². The van der Waals surface area contributed by atoms with Crippen LogP contribution in [0.1, 0.15) is 6.42 Å². The van der Waals surface area contributed by atoms with Crippen molar-refractivity contribution >= 4 is 11.9 Å². The fourth-order valence-electron chi connectivity index (χ4n) is 1.44. The van der Waals surface area contributed by atoms with Gasteiger partial charge in [-0.3, -0.25) is 15.1 Å². The van der Waals surface area contributed by atoms with Crippen molar-refractivity contribution in [2.75, 3.05) is 0 Å². The molecule has 0 radical (unpaired) electrons. The molecule has 2 aromatic heterocycles. The number of hydrogen-bond acceptors (Lipinski definition) is 6. The molecule has 0 spiro atoms. The molecule has 0 unspecified atom stereocenters. The van der Waals surface area contributed by atoms with Crippen LogP contribution in [0.25, 0.3) is 11.5 Å². The van der Waals surface area contributed by atoms with Crippen molar-refractivity contribution in [3.8, 4) is 11.5 Å². The molecule has 19 heavy (non-hydrogen) atoms. The van der Waals surface area contributed by atoms with Crippen LogP contribution >= 0.6 is 0 Å². The lowest BCUT2D eigenvalue weighted by Crippen LogP contribution is -2.35. The van der Waals surface area contributed by atoms with Crippen LogP contribution in [0.3, 0.4) is 0 Å². The van der Waals surface area contributed by atoms with Gasteiger partial charge in [-0.05, 0) is 22.6 Å². The second kappa shape index (κ2) is 5.67. The van der Waals surface area contributed by atoms with Crippen molar-refractivity contribution in [1.82, 2.24) is 30.5 Å². The molecule has 0 aliphatic heterocycles. The van der Waals surface area contributed by atoms with Gasteiger partial charge in [0.25, 0.3) is 0 Å². The van der Waals surface area contributed by atoms with E-state index in [1.54, 1.807) is 24.4 Å². The number of tetrazole rings is 1. The Bertz CT molecular complexity index is 581. The first-order valence-electron chi connectivity index (χ1n) is 5.43. The van der Waals surface area contributed by atoms with Gasteiger partial charge in [0.2, 0.25) is 11.7 Å². The number of hydrogen-bond donors (Lipinski definition) is 2. The van der Waals surface area contributed by atoms with E-state index in [4.69, 9.17) is 5.73 Å². The molecule has 0 saturated heterocycles. The summed E-state index contributed by atoms with van der Waals surface area (Å²) in [6.45, 7) is 0.220. The number of imide groups is 1. The Morgan fingerprint density at radius 1 is 1.37 bits per heavy atom. The highest BCUT2D eigenvalue weighted by Crippen LogP contribution is 2.11. The summed E-state index contributed by atoms with van der Waals surface area (Å²) in [5, 5.41) is 13.1. The number of urea groups is 1. The van der Waals surface area contributed by atoms with Crippen LogP contribution in [0.5, 0.6) is 0 Å². The molecule has 9 nitrogen and oxygen atoms in total. The molecular weight excluding hydrogens is 250 g/mol. The van der Waals surface area contributed by atoms with E-state index in [0.29, 0.717) is 11.5 Å². The molecule has 0 fully saturated rings. The minimum atomic E-state index is -0.883. The average molecular weight is 261 g/mol. The van der Waals surface area contributed by atoms with Gasteiger partial charge in [-0.1, -0.05) is 6.07 Å². The number of rotatable bonds is 4. The SMILES string of the molecule is NC(=O)NC(=O)CCn1nnnc1-c1ccccn1. The summed E-state index contributed by atoms with van der Waals surface area (Å²) < 4.78 is 1.43. The zero-order valence-electron chi connectivity index (χ0n) is 9.85. The Morgan fingerprint density at radius 3 is 2.89 bits per heavy atom. The molecule has 0 aromatic carbocycles. The molecule has 0 aliphatic carbocycles. The number of nitrogens with one attached hydrogen (secondary N) is 1. The Morgan fingerprint density at radius 2 is 2.21 bits per heavy atom. The Kier molecular flexibility index (Phi) is 3.76. The molecule has 0 saturated carbocycles. The fraction of sp³-hybridized carbons (Fsp3) is 0.200. The number of aryl methyl sites for hydroxylation is 1. The maximum absolute atomic E-state index is 11.3. The van der Waals surface area contributed by atoms with E-state index in [1.165, 1.54) is 4.68 Å². The van der Waals surface area contributed by atoms with Crippen LogP contribution in [-0.2, 0) is 11.3 Å². The molecule has 2 rings (SSSR count). The summed E-state index contributed by atoms with van der Waals surface area (Å²) in [6.07, 6.45) is 1.65. The maximum atomic E-state index is 11.3. The molecule has 3 N–H and O–H groups in total. The van der Waals surface area contributed by atoms with Crippen LogP contribution in [0.4, 0.5) is 4.79 Å². The van der Waals surface area contributed by atoms with Gasteiger partial charge in [0.05, 0.1) is 6.54 Å². The van der Waals surface area contributed by atoms with Gasteiger partial charge in [-0.25, -0.2) is 9.48 Å². The van der Waals surface area contributed by atoms with Crippen LogP contribution in [0.2, 0.25) is 0 Å². The van der Waals surface area contributed by atoms with Crippen molar-refractivity contribution in [1.29, 1.82) is 0 Å². The first kappa shape index (κ1) is 12.6. The predicted molar refractivity (Wildman–Crippen MR) is 63.4 cm³/mol. The zero-order chi connectivity index (χ0) is 13.7. The largest absolute Gasteiger partial charge is 0.351 e. The number of carbonyl (C=O) groups excluding carboxylic acids is 2. The van der Waals surface area contributed by atoms with Crippen LogP contribution in [0.15, 0.2) is 24.4 Å². The summed E-state index contributed by atoms with van der Waals surface area (Å²) in [5.41, 5.74) is 5.44. The second-order valence-corrected chi connectivity index (χ2v) is 3.60. The van der Waals surface area contributed by atoms with Gasteiger partial charge in [0.15, 0.2) is 0 Å². The average Bonchev–Trinajstić information content (AvgIpc) is 2.85. The van der Waals surface area contributed by atoms with Crippen LogP contribution in [-0.4, -0.2) is 37.1 Å². The molecule has 0 atom stereocenters. The van der Waals surface area contributed by atoms with E-state index in [1.807, 2.05) is 5.32 Å². The van der Waals surface area contributed by atoms with Gasteiger partial charge in [0, 0.05) is 12.6 Å². The van der Waals surface area contributed by atoms with Gasteiger partial charge >= 0.3 is 6.03 Å². The van der Waals surface area contributed by atoms with Crippen molar-refractivity contribution in [2.24, 2.45) is 5.73 Å². The molecule has 0 aliphatic rings. The molecule has 3 amide bonds. The number of nitrogens with two attached hydrogens (primary N) is 1. The lowest BCUT2D eigenvalue weighted by atomic mass is 10.3. The minimum Gasteiger partial charge on any atom is -0.351 e. The van der Waals surface area contributed by atoms with E-state index in [0.717, 1.165) is 0 Å². The molecule has 9 heteroatoms. The number of pyridine rings is 1. The van der Waals surface area contributed by atoms with E-state index in [9.17, 15) is 9.59 Å². The minimum absolute atomic E-state index is 0.0355. The quantitative estimate of drug-likeness (QED) is 0.750. The van der Waals surface area contributed by atoms with Gasteiger partial charge < -0.3 is 5.73 Å². The Hall–Kier alpha value is -2.84. The smallest absolute Gasteiger partial charge is 0.318 e. The highest BCUT2D eigenvalue weighted by atomic mass is 16.2. The lowest BCUT2D eigenvalue weighted by molar-refractivity contribution is -0.120. The molecule has 2 aromatic rings. The number of nitrogens with zero attached hydrogens (tertiary/aromatic N) is 5. The Balaban J connectivity index is 2.05. The number of carbonyl (C=O) groups is 2. The standard InChI is InChI=1S/C10H11N7O2/c11-10(19)13-8(18)4-6-17-9(14-15-16-17)7-3-1-2-5-12-7/h1-3,5H,4,6H2,(H3,11,13,18,19). The highest BCUT2D eigenvalue weighted by molar-refractivity contribution is 5.93. The second-order valence-electron chi connectivity index (χ2n) is 3.60. The van der Waals surface area contributed by atoms with E-state index < -0.39 is 11.9 Å². The molecule has 2 heterocycles. The van der Waals surface area contributed by atoms with Gasteiger partial charge in [-0.15, -0.1) is 5.10 Å². The van der Waals surface area contributed by atoms with Gasteiger partial charge in [-0.2, -0.15) is 0 Å². The van der Waals surface area contributed by atoms with Gasteiger partial charge in [0.1, 0.15) is 5.69 Å². The predicted octanol–water partition coefficient (Wildman–Crippen LogP) is -0.680. The third kappa shape index (κ3) is 3.31. The summed E-state index contributed by atoms with van der Waals surface area (Å²) >= 11 is 0. The fourth-order valence-corrected chi connectivity index (χ4v) is 1.44. The maximum Gasteiger partial charge on any atom is 0.318 e. The van der Waals surface area contributed by atoms with Crippen molar-refractivity contribution in [2.45, 2.75) is 13.0 Å².